The molecule has 1 aromatic heterocycles. The number of hydrogen-bond acceptors (Lipinski definition) is 4. The highest BCUT2D eigenvalue weighted by atomic mass is 19.3. The highest BCUT2D eigenvalue weighted by molar-refractivity contribution is 5.38. The van der Waals surface area contributed by atoms with Crippen LogP contribution in [0.2, 0.25) is 0 Å². The van der Waals surface area contributed by atoms with Crippen molar-refractivity contribution in [3.63, 3.8) is 0 Å². The van der Waals surface area contributed by atoms with Gasteiger partial charge >= 0.3 is 0 Å². The molecule has 0 saturated carbocycles. The van der Waals surface area contributed by atoms with E-state index >= 15 is 0 Å². The molecule has 1 aromatic rings. The lowest BCUT2D eigenvalue weighted by molar-refractivity contribution is -0.386. The lowest BCUT2D eigenvalue weighted by Crippen LogP contribution is -2.04. The van der Waals surface area contributed by atoms with E-state index in [0.29, 0.717) is 6.07 Å². The molecule has 1 rings (SSSR count). The second-order valence-electron chi connectivity index (χ2n) is 2.55. The van der Waals surface area contributed by atoms with Crippen molar-refractivity contribution in [3.05, 3.63) is 33.4 Å². The Labute approximate surface area is 81.3 Å². The van der Waals surface area contributed by atoms with Gasteiger partial charge in [-0.25, -0.2) is 13.8 Å². The molecule has 0 unspecified atom stereocenters. The smallest absolute Gasteiger partial charge is 0.293 e. The number of aromatic nitrogens is 1. The van der Waals surface area contributed by atoms with Gasteiger partial charge in [0.25, 0.3) is 12.1 Å². The SMILES string of the molecule is O=[N+]([O-])c1cc(C(F)F)c(F)nc1CO. The van der Waals surface area contributed by atoms with Crippen molar-refractivity contribution in [2.75, 3.05) is 0 Å². The highest BCUT2D eigenvalue weighted by Gasteiger charge is 2.23. The number of rotatable bonds is 3. The fourth-order valence-electron chi connectivity index (χ4n) is 0.958. The van der Waals surface area contributed by atoms with Gasteiger partial charge in [0.2, 0.25) is 5.95 Å². The summed E-state index contributed by atoms with van der Waals surface area (Å²) in [5.74, 6) is -1.51. The minimum atomic E-state index is -3.19. The molecule has 8 heteroatoms. The summed E-state index contributed by atoms with van der Waals surface area (Å²) in [6.07, 6.45) is -3.19. The van der Waals surface area contributed by atoms with Crippen LogP contribution in [-0.2, 0) is 6.61 Å². The largest absolute Gasteiger partial charge is 0.390 e. The van der Waals surface area contributed by atoms with Gasteiger partial charge in [-0.2, -0.15) is 4.39 Å². The number of halogens is 3. The van der Waals surface area contributed by atoms with Gasteiger partial charge < -0.3 is 5.11 Å². The van der Waals surface area contributed by atoms with Crippen LogP contribution in [0.15, 0.2) is 6.07 Å². The van der Waals surface area contributed by atoms with Crippen LogP contribution in [0.1, 0.15) is 17.7 Å². The van der Waals surface area contributed by atoms with E-state index in [-0.39, 0.29) is 0 Å². The summed E-state index contributed by atoms with van der Waals surface area (Å²) in [5, 5.41) is 19.0. The van der Waals surface area contributed by atoms with Gasteiger partial charge in [0.1, 0.15) is 5.69 Å². The molecule has 0 fully saturated rings. The Balaban J connectivity index is 3.37. The van der Waals surface area contributed by atoms with Gasteiger partial charge in [0.05, 0.1) is 17.1 Å². The van der Waals surface area contributed by atoms with Gasteiger partial charge in [-0.05, 0) is 0 Å². The van der Waals surface area contributed by atoms with Crippen LogP contribution in [-0.4, -0.2) is 15.0 Å². The van der Waals surface area contributed by atoms with Crippen LogP contribution in [0, 0.1) is 16.1 Å². The maximum absolute atomic E-state index is 12.8. The maximum atomic E-state index is 12.8. The average Bonchev–Trinajstić information content (AvgIpc) is 2.16. The average molecular weight is 222 g/mol. The van der Waals surface area contributed by atoms with Crippen molar-refractivity contribution < 1.29 is 23.2 Å². The quantitative estimate of drug-likeness (QED) is 0.478. The molecule has 0 aliphatic rings. The van der Waals surface area contributed by atoms with Gasteiger partial charge in [-0.1, -0.05) is 0 Å². The zero-order valence-corrected chi connectivity index (χ0v) is 7.15. The van der Waals surface area contributed by atoms with E-state index in [1.807, 2.05) is 0 Å². The summed E-state index contributed by atoms with van der Waals surface area (Å²) in [7, 11) is 0. The molecule has 0 spiro atoms. The van der Waals surface area contributed by atoms with Crippen molar-refractivity contribution in [1.29, 1.82) is 0 Å². The van der Waals surface area contributed by atoms with Gasteiger partial charge in [0, 0.05) is 6.07 Å². The number of hydrogen-bond donors (Lipinski definition) is 1. The first kappa shape index (κ1) is 11.4. The van der Waals surface area contributed by atoms with Gasteiger partial charge in [-0.15, -0.1) is 0 Å². The number of alkyl halides is 2. The first-order valence-electron chi connectivity index (χ1n) is 3.70. The predicted octanol–water partition coefficient (Wildman–Crippen LogP) is 1.56. The molecular formula is C7H5F3N2O3. The molecule has 1 N–H and O–H groups in total. The summed E-state index contributed by atoms with van der Waals surface area (Å²) in [6.45, 7) is -0.892. The second kappa shape index (κ2) is 4.22. The van der Waals surface area contributed by atoms with Crippen molar-refractivity contribution in [1.82, 2.24) is 4.98 Å². The minimum absolute atomic E-state index is 0.374. The molecule has 1 heterocycles. The van der Waals surface area contributed by atoms with E-state index in [1.54, 1.807) is 0 Å². The zero-order chi connectivity index (χ0) is 11.6. The van der Waals surface area contributed by atoms with Crippen molar-refractivity contribution in [3.8, 4) is 0 Å². The summed E-state index contributed by atoms with van der Waals surface area (Å²) >= 11 is 0. The molecule has 82 valence electrons. The monoisotopic (exact) mass is 222 g/mol. The van der Waals surface area contributed by atoms with Crippen LogP contribution in [0.4, 0.5) is 18.9 Å². The molecule has 15 heavy (non-hydrogen) atoms. The van der Waals surface area contributed by atoms with Crippen molar-refractivity contribution >= 4 is 5.69 Å². The van der Waals surface area contributed by atoms with Crippen LogP contribution in [0.25, 0.3) is 0 Å². The van der Waals surface area contributed by atoms with E-state index in [1.165, 1.54) is 0 Å². The number of aliphatic hydroxyl groups excluding tert-OH is 1. The molecule has 0 aliphatic carbocycles. The summed E-state index contributed by atoms with van der Waals surface area (Å²) in [4.78, 5) is 12.2. The van der Waals surface area contributed by atoms with E-state index in [0.717, 1.165) is 0 Å². The highest BCUT2D eigenvalue weighted by Crippen LogP contribution is 2.27. The lowest BCUT2D eigenvalue weighted by atomic mass is 10.2. The number of nitrogens with zero attached hydrogens (tertiary/aromatic N) is 2. The summed E-state index contributed by atoms with van der Waals surface area (Å²) in [6, 6.07) is 0.374. The Morgan fingerprint density at radius 3 is 2.60 bits per heavy atom. The zero-order valence-electron chi connectivity index (χ0n) is 7.15. The Morgan fingerprint density at radius 2 is 2.20 bits per heavy atom. The third-order valence-electron chi connectivity index (χ3n) is 1.64. The molecule has 0 bridgehead atoms. The molecule has 0 amide bonds. The Morgan fingerprint density at radius 1 is 1.60 bits per heavy atom. The fourth-order valence-corrected chi connectivity index (χ4v) is 0.958. The van der Waals surface area contributed by atoms with Crippen LogP contribution in [0.5, 0.6) is 0 Å². The van der Waals surface area contributed by atoms with Crippen molar-refractivity contribution in [2.45, 2.75) is 13.0 Å². The maximum Gasteiger partial charge on any atom is 0.293 e. The first-order valence-corrected chi connectivity index (χ1v) is 3.70. The van der Waals surface area contributed by atoms with E-state index < -0.39 is 40.8 Å². The van der Waals surface area contributed by atoms with Crippen LogP contribution < -0.4 is 0 Å². The molecule has 0 atom stereocenters. The van der Waals surface area contributed by atoms with Crippen molar-refractivity contribution in [2.24, 2.45) is 0 Å². The normalized spacial score (nSPS) is 10.7. The topological polar surface area (TPSA) is 76.3 Å². The van der Waals surface area contributed by atoms with Gasteiger partial charge in [-0.3, -0.25) is 10.1 Å². The third kappa shape index (κ3) is 2.21. The number of aliphatic hydroxyl groups is 1. The Hall–Kier alpha value is -1.70. The molecule has 0 saturated heterocycles. The van der Waals surface area contributed by atoms with E-state index in [2.05, 4.69) is 4.98 Å². The standard InChI is InChI=1S/C7H5F3N2O3/c8-6(9)3-1-5(12(14)15)4(2-13)11-7(3)10/h1,6,13H,2H2. The molecular weight excluding hydrogens is 217 g/mol. The second-order valence-corrected chi connectivity index (χ2v) is 2.55. The van der Waals surface area contributed by atoms with E-state index in [4.69, 9.17) is 5.11 Å². The molecule has 5 nitrogen and oxygen atoms in total. The Bertz CT molecular complexity index is 397. The number of pyridine rings is 1. The van der Waals surface area contributed by atoms with E-state index in [9.17, 15) is 23.3 Å². The predicted molar refractivity (Wildman–Crippen MR) is 41.7 cm³/mol. The lowest BCUT2D eigenvalue weighted by Gasteiger charge is -2.03. The summed E-state index contributed by atoms with van der Waals surface area (Å²) in [5.41, 5.74) is -2.56. The molecule has 0 aromatic carbocycles. The fraction of sp³-hybridized carbons (Fsp3) is 0.286. The molecule has 0 radical (unpaired) electrons. The van der Waals surface area contributed by atoms with Crippen LogP contribution >= 0.6 is 0 Å². The first-order chi connectivity index (χ1) is 6.97. The Kier molecular flexibility index (Phi) is 3.20. The number of nitro groups is 1. The van der Waals surface area contributed by atoms with Gasteiger partial charge in [0.15, 0.2) is 0 Å². The third-order valence-corrected chi connectivity index (χ3v) is 1.64. The molecule has 0 aliphatic heterocycles. The van der Waals surface area contributed by atoms with Crippen LogP contribution in [0.3, 0.4) is 0 Å². The minimum Gasteiger partial charge on any atom is -0.390 e. The summed E-state index contributed by atoms with van der Waals surface area (Å²) < 4.78 is 37.1.